The van der Waals surface area contributed by atoms with Crippen molar-refractivity contribution in [1.82, 2.24) is 0 Å². The van der Waals surface area contributed by atoms with Crippen LogP contribution in [0, 0.1) is 46.3 Å². The average Bonchev–Trinajstić information content (AvgIpc) is 2.97. The lowest BCUT2D eigenvalue weighted by Gasteiger charge is -2.62. The number of esters is 1. The Hall–Kier alpha value is -0.860. The number of ether oxygens (including phenoxy) is 1. The van der Waals surface area contributed by atoms with E-state index < -0.39 is 0 Å². The van der Waals surface area contributed by atoms with Gasteiger partial charge in [0.05, 0.1) is 0 Å². The highest BCUT2D eigenvalue weighted by molar-refractivity contribution is 5.85. The maximum atomic E-state index is 12.8. The van der Waals surface area contributed by atoms with E-state index in [1.807, 2.05) is 0 Å². The minimum absolute atomic E-state index is 0.0212. The van der Waals surface area contributed by atoms with Crippen LogP contribution in [0.25, 0.3) is 0 Å². The number of carbonyl (C=O) groups is 2. The van der Waals surface area contributed by atoms with Gasteiger partial charge in [0.1, 0.15) is 6.61 Å². The van der Waals surface area contributed by atoms with E-state index in [1.165, 1.54) is 58.3 Å². The molecule has 0 amide bonds. The molecule has 0 bridgehead atoms. The van der Waals surface area contributed by atoms with E-state index in [2.05, 4.69) is 20.8 Å². The van der Waals surface area contributed by atoms with Gasteiger partial charge in [-0.1, -0.05) is 33.6 Å². The fraction of sp³-hybridized carbons (Fsp3) is 0.917. The summed E-state index contributed by atoms with van der Waals surface area (Å²) in [6.07, 6.45) is 11.7. The Morgan fingerprint density at radius 3 is 2.41 bits per heavy atom. The highest BCUT2D eigenvalue weighted by Crippen LogP contribution is 2.68. The van der Waals surface area contributed by atoms with Crippen molar-refractivity contribution in [1.29, 1.82) is 0 Å². The minimum atomic E-state index is -0.343. The lowest BCUT2D eigenvalue weighted by molar-refractivity contribution is -0.152. The zero-order chi connectivity index (χ0) is 19.4. The van der Waals surface area contributed by atoms with Crippen LogP contribution in [0.1, 0.15) is 85.5 Å². The molecule has 3 heteroatoms. The molecule has 4 aliphatic carbocycles. The molecule has 3 nitrogen and oxygen atoms in total. The van der Waals surface area contributed by atoms with E-state index in [9.17, 15) is 9.59 Å². The second kappa shape index (κ2) is 6.88. The molecule has 0 N–H and O–H groups in total. The molecule has 4 aliphatic rings. The molecule has 1 unspecified atom stereocenters. The Balaban J connectivity index is 1.56. The molecule has 4 saturated carbocycles. The smallest absolute Gasteiger partial charge is 0.303 e. The number of rotatable bonds is 3. The van der Waals surface area contributed by atoms with Crippen molar-refractivity contribution in [3.8, 4) is 0 Å². The molecule has 152 valence electrons. The maximum absolute atomic E-state index is 12.8. The third-order valence-electron chi connectivity index (χ3n) is 9.75. The Labute approximate surface area is 165 Å². The Morgan fingerprint density at radius 1 is 0.926 bits per heavy atom. The molecular formula is C24H38O3. The van der Waals surface area contributed by atoms with Crippen LogP contribution in [0.15, 0.2) is 0 Å². The van der Waals surface area contributed by atoms with Gasteiger partial charge in [0, 0.05) is 12.8 Å². The van der Waals surface area contributed by atoms with Crippen molar-refractivity contribution in [2.45, 2.75) is 85.5 Å². The van der Waals surface area contributed by atoms with Gasteiger partial charge in [0.2, 0.25) is 0 Å². The number of ketones is 1. The molecule has 8 atom stereocenters. The molecule has 4 fully saturated rings. The summed E-state index contributed by atoms with van der Waals surface area (Å²) in [5, 5.41) is 0. The first-order valence-electron chi connectivity index (χ1n) is 11.4. The van der Waals surface area contributed by atoms with Gasteiger partial charge in [0.15, 0.2) is 5.78 Å². The van der Waals surface area contributed by atoms with E-state index in [4.69, 9.17) is 4.74 Å². The summed E-state index contributed by atoms with van der Waals surface area (Å²) < 4.78 is 5.06. The third-order valence-corrected chi connectivity index (χ3v) is 9.75. The van der Waals surface area contributed by atoms with Gasteiger partial charge >= 0.3 is 5.97 Å². The standard InChI is InChI=1S/C24H38O3/c1-15-13-17-19-8-9-21(22(26)14-27-16(2)25)24(19,4)12-10-20(17)23(3)11-6-5-7-18(15)23/h15,17-21H,5-14H2,1-4H3/t15-,17-,18?,19-,20-,21+,23-,24-/m0/s1. The summed E-state index contributed by atoms with van der Waals surface area (Å²) in [7, 11) is 0. The van der Waals surface area contributed by atoms with E-state index in [0.717, 1.165) is 30.1 Å². The first kappa shape index (κ1) is 19.5. The second-order valence-electron chi connectivity index (χ2n) is 10.9. The summed E-state index contributed by atoms with van der Waals surface area (Å²) in [5.41, 5.74) is 0.651. The van der Waals surface area contributed by atoms with Crippen molar-refractivity contribution in [2.24, 2.45) is 46.3 Å². The van der Waals surface area contributed by atoms with E-state index in [-0.39, 0.29) is 29.7 Å². The molecule has 0 aromatic carbocycles. The molecule has 27 heavy (non-hydrogen) atoms. The van der Waals surface area contributed by atoms with Crippen LogP contribution in [0.3, 0.4) is 0 Å². The normalized spacial score (nSPS) is 48.9. The minimum Gasteiger partial charge on any atom is -0.458 e. The zero-order valence-electron chi connectivity index (χ0n) is 17.8. The number of fused-ring (bicyclic) bond motifs is 5. The second-order valence-corrected chi connectivity index (χ2v) is 10.9. The predicted molar refractivity (Wildman–Crippen MR) is 106 cm³/mol. The summed E-state index contributed by atoms with van der Waals surface area (Å²) >= 11 is 0. The van der Waals surface area contributed by atoms with E-state index in [0.29, 0.717) is 11.3 Å². The predicted octanol–water partition coefficient (Wildman–Crippen LogP) is 5.41. The van der Waals surface area contributed by atoms with Crippen LogP contribution in [-0.4, -0.2) is 18.4 Å². The van der Waals surface area contributed by atoms with Crippen LogP contribution in [-0.2, 0) is 14.3 Å². The van der Waals surface area contributed by atoms with Crippen molar-refractivity contribution < 1.29 is 14.3 Å². The van der Waals surface area contributed by atoms with Gasteiger partial charge in [-0.25, -0.2) is 0 Å². The summed E-state index contributed by atoms with van der Waals surface area (Å²) in [6, 6.07) is 0. The number of Topliss-reactive ketones (excluding diaryl/α,β-unsaturated/α-hetero) is 1. The van der Waals surface area contributed by atoms with Gasteiger partial charge in [-0.2, -0.15) is 0 Å². The van der Waals surface area contributed by atoms with Crippen LogP contribution in [0.5, 0.6) is 0 Å². The molecule has 0 heterocycles. The Morgan fingerprint density at radius 2 is 1.67 bits per heavy atom. The number of hydrogen-bond donors (Lipinski definition) is 0. The number of hydrogen-bond acceptors (Lipinski definition) is 3. The van der Waals surface area contributed by atoms with Crippen molar-refractivity contribution in [3.63, 3.8) is 0 Å². The molecule has 0 saturated heterocycles. The lowest BCUT2D eigenvalue weighted by Crippen LogP contribution is -2.55. The van der Waals surface area contributed by atoms with Gasteiger partial charge in [-0.05, 0) is 85.4 Å². The monoisotopic (exact) mass is 374 g/mol. The lowest BCUT2D eigenvalue weighted by atomic mass is 9.43. The summed E-state index contributed by atoms with van der Waals surface area (Å²) in [5.74, 6) is 4.00. The highest BCUT2D eigenvalue weighted by atomic mass is 16.5. The van der Waals surface area contributed by atoms with Crippen LogP contribution >= 0.6 is 0 Å². The summed E-state index contributed by atoms with van der Waals surface area (Å²) in [4.78, 5) is 24.0. The van der Waals surface area contributed by atoms with Gasteiger partial charge in [-0.15, -0.1) is 0 Å². The van der Waals surface area contributed by atoms with Crippen molar-refractivity contribution in [3.05, 3.63) is 0 Å². The average molecular weight is 375 g/mol. The van der Waals surface area contributed by atoms with E-state index >= 15 is 0 Å². The number of carbonyl (C=O) groups excluding carboxylic acids is 2. The summed E-state index contributed by atoms with van der Waals surface area (Å²) in [6.45, 7) is 8.88. The van der Waals surface area contributed by atoms with Crippen LogP contribution in [0.2, 0.25) is 0 Å². The topological polar surface area (TPSA) is 43.4 Å². The van der Waals surface area contributed by atoms with Gasteiger partial charge < -0.3 is 4.74 Å². The Kier molecular flexibility index (Phi) is 4.96. The fourth-order valence-corrected chi connectivity index (χ4v) is 8.61. The van der Waals surface area contributed by atoms with Crippen molar-refractivity contribution >= 4 is 11.8 Å². The van der Waals surface area contributed by atoms with Crippen molar-refractivity contribution in [2.75, 3.05) is 6.61 Å². The third kappa shape index (κ3) is 2.99. The molecule has 0 spiro atoms. The first-order chi connectivity index (χ1) is 12.8. The molecule has 0 aliphatic heterocycles. The maximum Gasteiger partial charge on any atom is 0.303 e. The van der Waals surface area contributed by atoms with Gasteiger partial charge in [0.25, 0.3) is 0 Å². The quantitative estimate of drug-likeness (QED) is 0.620. The Bertz CT molecular complexity index is 613. The largest absolute Gasteiger partial charge is 0.458 e. The molecule has 0 aromatic rings. The fourth-order valence-electron chi connectivity index (χ4n) is 8.61. The van der Waals surface area contributed by atoms with E-state index in [1.54, 1.807) is 0 Å². The van der Waals surface area contributed by atoms with Crippen LogP contribution in [0.4, 0.5) is 0 Å². The van der Waals surface area contributed by atoms with Gasteiger partial charge in [-0.3, -0.25) is 9.59 Å². The SMILES string of the molecule is CC(=O)OCC(=O)[C@H]1CC[C@H]2[C@@H]3C[C@H](C)C4CCCC[C@]4(C)[C@H]3CC[C@]12C. The molecular weight excluding hydrogens is 336 g/mol. The molecule has 4 rings (SSSR count). The first-order valence-corrected chi connectivity index (χ1v) is 11.4. The molecule has 0 aromatic heterocycles. The van der Waals surface area contributed by atoms with Crippen LogP contribution < -0.4 is 0 Å². The molecule has 0 radical (unpaired) electrons. The highest BCUT2D eigenvalue weighted by Gasteiger charge is 2.61. The zero-order valence-corrected chi connectivity index (χ0v) is 17.8.